The number of hydrogen-bond donors (Lipinski definition) is 2. The number of rotatable bonds is 4. The third-order valence-electron chi connectivity index (χ3n) is 5.99. The quantitative estimate of drug-likeness (QED) is 0.631. The molecule has 1 aromatic heterocycles. The highest BCUT2D eigenvalue weighted by Crippen LogP contribution is 2.31. The fourth-order valence-electron chi connectivity index (χ4n) is 4.73. The Balaban J connectivity index is 1.99. The maximum absolute atomic E-state index is 13.7. The number of aromatic nitrogens is 1. The summed E-state index contributed by atoms with van der Waals surface area (Å²) in [6.07, 6.45) is 2.35. The zero-order valence-electron chi connectivity index (χ0n) is 19.1. The van der Waals surface area contributed by atoms with Gasteiger partial charge < -0.3 is 14.9 Å². The molecule has 5 nitrogen and oxygen atoms in total. The highest BCUT2D eigenvalue weighted by atomic mass is 16.6. The van der Waals surface area contributed by atoms with Crippen LogP contribution in [0.1, 0.15) is 55.0 Å². The number of fused-ring (bicyclic) bond motifs is 1. The summed E-state index contributed by atoms with van der Waals surface area (Å²) < 4.78 is 7.38. The molecule has 3 aromatic rings. The Kier molecular flexibility index (Phi) is 6.33. The second-order valence-electron chi connectivity index (χ2n) is 9.10. The first-order valence-corrected chi connectivity index (χ1v) is 11.2. The van der Waals surface area contributed by atoms with Crippen LogP contribution >= 0.6 is 0 Å². The van der Waals surface area contributed by atoms with Crippen molar-refractivity contribution in [2.75, 3.05) is 0 Å². The van der Waals surface area contributed by atoms with Gasteiger partial charge in [-0.15, -0.1) is 0 Å². The van der Waals surface area contributed by atoms with Crippen LogP contribution in [0.3, 0.4) is 0 Å². The lowest BCUT2D eigenvalue weighted by atomic mass is 9.93. The third kappa shape index (κ3) is 4.42. The van der Waals surface area contributed by atoms with Crippen LogP contribution < -0.4 is 5.56 Å². The maximum atomic E-state index is 13.7. The van der Waals surface area contributed by atoms with Crippen molar-refractivity contribution in [2.24, 2.45) is 0 Å². The van der Waals surface area contributed by atoms with E-state index in [1.165, 1.54) is 0 Å². The summed E-state index contributed by atoms with van der Waals surface area (Å²) in [7, 11) is 0. The number of aliphatic hydroxyl groups is 2. The molecular weight excluding hydrogens is 402 g/mol. The van der Waals surface area contributed by atoms with E-state index in [4.69, 9.17) is 4.74 Å². The molecule has 0 saturated carbocycles. The summed E-state index contributed by atoms with van der Waals surface area (Å²) in [5.74, 6) is 0.167. The monoisotopic (exact) mass is 433 g/mol. The molecule has 3 atom stereocenters. The molecule has 0 spiro atoms. The van der Waals surface area contributed by atoms with Gasteiger partial charge in [0.1, 0.15) is 0 Å². The average Bonchev–Trinajstić information content (AvgIpc) is 2.70. The zero-order valence-corrected chi connectivity index (χ0v) is 19.1. The first-order valence-electron chi connectivity index (χ1n) is 11.2. The maximum Gasteiger partial charge on any atom is 0.263 e. The smallest absolute Gasteiger partial charge is 0.263 e. The summed E-state index contributed by atoms with van der Waals surface area (Å²) in [5.41, 5.74) is 4.80. The van der Waals surface area contributed by atoms with Crippen LogP contribution in [-0.2, 0) is 4.74 Å². The molecule has 168 valence electrons. The summed E-state index contributed by atoms with van der Waals surface area (Å²) in [4.78, 5) is 13.7. The summed E-state index contributed by atoms with van der Waals surface area (Å²) >= 11 is 0. The number of benzene rings is 2. The molecule has 0 bridgehead atoms. The van der Waals surface area contributed by atoms with Crippen LogP contribution in [0.2, 0.25) is 0 Å². The molecule has 1 aliphatic heterocycles. The van der Waals surface area contributed by atoms with Gasteiger partial charge in [0.15, 0.2) is 6.29 Å². The molecule has 32 heavy (non-hydrogen) atoms. The average molecular weight is 434 g/mol. The Hall–Kier alpha value is -2.73. The van der Waals surface area contributed by atoms with Crippen LogP contribution in [0.25, 0.3) is 22.5 Å². The van der Waals surface area contributed by atoms with Gasteiger partial charge in [0.2, 0.25) is 0 Å². The Bertz CT molecular complexity index is 1190. The molecule has 2 aromatic carbocycles. The van der Waals surface area contributed by atoms with Crippen LogP contribution in [-0.4, -0.2) is 33.3 Å². The second kappa shape index (κ2) is 9.02. The number of pyridine rings is 1. The van der Waals surface area contributed by atoms with Gasteiger partial charge in [-0.2, -0.15) is 0 Å². The van der Waals surface area contributed by atoms with E-state index in [9.17, 15) is 15.0 Å². The third-order valence-corrected chi connectivity index (χ3v) is 5.99. The Morgan fingerprint density at radius 3 is 2.31 bits per heavy atom. The van der Waals surface area contributed by atoms with E-state index >= 15 is 0 Å². The standard InChI is InChI=1S/C27H31NO4/c1-16(2)26-22-7-5-6-8-23(22)27(31)28(19-12-17(3)11-18(4)13-19)24(26)10-9-21-14-20(29)15-25(30)32-21/h5-13,16,20-21,25,29-30H,14-15H2,1-4H3/b10-9+/t20-,21-,25?/m1/s1. The molecular formula is C27H31NO4. The molecule has 0 aliphatic carbocycles. The van der Waals surface area contributed by atoms with E-state index in [-0.39, 0.29) is 17.9 Å². The molecule has 0 radical (unpaired) electrons. The summed E-state index contributed by atoms with van der Waals surface area (Å²) in [6, 6.07) is 13.9. The van der Waals surface area contributed by atoms with E-state index in [0.29, 0.717) is 11.8 Å². The minimum Gasteiger partial charge on any atom is -0.393 e. The van der Waals surface area contributed by atoms with E-state index in [1.54, 1.807) is 4.57 Å². The lowest BCUT2D eigenvalue weighted by Gasteiger charge is -2.28. The molecule has 1 aliphatic rings. The molecule has 1 saturated heterocycles. The van der Waals surface area contributed by atoms with E-state index in [2.05, 4.69) is 19.9 Å². The normalized spacial score (nSPS) is 21.7. The van der Waals surface area contributed by atoms with Gasteiger partial charge in [0, 0.05) is 23.9 Å². The number of aryl methyl sites for hydroxylation is 2. The number of hydrogen-bond acceptors (Lipinski definition) is 4. The van der Waals surface area contributed by atoms with Crippen LogP contribution in [0.15, 0.2) is 53.3 Å². The van der Waals surface area contributed by atoms with Crippen molar-refractivity contribution in [2.45, 2.75) is 65.0 Å². The molecule has 1 unspecified atom stereocenters. The lowest BCUT2D eigenvalue weighted by Crippen LogP contribution is -2.34. The highest BCUT2D eigenvalue weighted by Gasteiger charge is 2.26. The van der Waals surface area contributed by atoms with Gasteiger partial charge in [-0.3, -0.25) is 9.36 Å². The van der Waals surface area contributed by atoms with Crippen LogP contribution in [0.5, 0.6) is 0 Å². The van der Waals surface area contributed by atoms with Gasteiger partial charge >= 0.3 is 0 Å². The SMILES string of the molecule is Cc1cc(C)cc(-n2c(/C=C/[C@@H]3C[C@@H](O)CC(O)O3)c(C(C)C)c3ccccc3c2=O)c1. The predicted molar refractivity (Wildman–Crippen MR) is 128 cm³/mol. The minimum atomic E-state index is -0.990. The Labute approximate surface area is 188 Å². The number of nitrogens with zero attached hydrogens (tertiary/aromatic N) is 1. The molecule has 2 N–H and O–H groups in total. The van der Waals surface area contributed by atoms with Gasteiger partial charge in [-0.25, -0.2) is 0 Å². The van der Waals surface area contributed by atoms with E-state index in [0.717, 1.165) is 33.5 Å². The fourth-order valence-corrected chi connectivity index (χ4v) is 4.73. The highest BCUT2D eigenvalue weighted by molar-refractivity contribution is 5.88. The Morgan fingerprint density at radius 1 is 1.03 bits per heavy atom. The lowest BCUT2D eigenvalue weighted by molar-refractivity contribution is -0.175. The summed E-state index contributed by atoms with van der Waals surface area (Å²) in [5, 5.41) is 21.6. The Morgan fingerprint density at radius 2 is 1.69 bits per heavy atom. The van der Waals surface area contributed by atoms with Gasteiger partial charge in [-0.05, 0) is 66.1 Å². The van der Waals surface area contributed by atoms with Crippen molar-refractivity contribution in [3.63, 3.8) is 0 Å². The fraction of sp³-hybridized carbons (Fsp3) is 0.370. The van der Waals surface area contributed by atoms with Crippen LogP contribution in [0, 0.1) is 13.8 Å². The summed E-state index contributed by atoms with van der Waals surface area (Å²) in [6.45, 7) is 8.31. The topological polar surface area (TPSA) is 71.7 Å². The minimum absolute atomic E-state index is 0.0701. The van der Waals surface area contributed by atoms with Crippen molar-refractivity contribution in [3.05, 3.63) is 81.3 Å². The molecule has 2 heterocycles. The molecule has 4 rings (SSSR count). The largest absolute Gasteiger partial charge is 0.393 e. The first kappa shape index (κ1) is 22.5. The zero-order chi connectivity index (χ0) is 23.0. The van der Waals surface area contributed by atoms with Crippen molar-refractivity contribution in [3.8, 4) is 5.69 Å². The number of ether oxygens (including phenoxy) is 1. The van der Waals surface area contributed by atoms with Crippen molar-refractivity contribution in [1.29, 1.82) is 0 Å². The molecule has 1 fully saturated rings. The molecule has 5 heteroatoms. The molecule has 0 amide bonds. The van der Waals surface area contributed by atoms with Gasteiger partial charge in [0.25, 0.3) is 5.56 Å². The second-order valence-corrected chi connectivity index (χ2v) is 9.10. The van der Waals surface area contributed by atoms with E-state index < -0.39 is 18.5 Å². The van der Waals surface area contributed by atoms with Crippen molar-refractivity contribution >= 4 is 16.8 Å². The van der Waals surface area contributed by atoms with E-state index in [1.807, 2.05) is 62.4 Å². The predicted octanol–water partition coefficient (Wildman–Crippen LogP) is 4.60. The van der Waals surface area contributed by atoms with Crippen LogP contribution in [0.4, 0.5) is 0 Å². The van der Waals surface area contributed by atoms with Gasteiger partial charge in [0.05, 0.1) is 17.9 Å². The van der Waals surface area contributed by atoms with Gasteiger partial charge in [-0.1, -0.05) is 44.2 Å². The number of aliphatic hydroxyl groups excluding tert-OH is 2. The van der Waals surface area contributed by atoms with Crippen molar-refractivity contribution < 1.29 is 14.9 Å². The van der Waals surface area contributed by atoms with Crippen molar-refractivity contribution in [1.82, 2.24) is 4.57 Å². The first-order chi connectivity index (χ1) is 15.2.